The minimum absolute atomic E-state index is 0.0722. The SMILES string of the molecule is CCCNC(=O)C(CC)N(CCc1ccccc1)C(=O)CN(c1ccccc1C(C)C)S(C)(=O)=O. The lowest BCUT2D eigenvalue weighted by molar-refractivity contribution is -0.139. The largest absolute Gasteiger partial charge is 0.354 e. The lowest BCUT2D eigenvalue weighted by Crippen LogP contribution is -2.53. The van der Waals surface area contributed by atoms with Gasteiger partial charge in [-0.05, 0) is 42.4 Å². The highest BCUT2D eigenvalue weighted by atomic mass is 32.2. The van der Waals surface area contributed by atoms with Crippen LogP contribution in [0.3, 0.4) is 0 Å². The molecule has 2 rings (SSSR count). The maximum atomic E-state index is 13.7. The van der Waals surface area contributed by atoms with Gasteiger partial charge in [0.2, 0.25) is 21.8 Å². The van der Waals surface area contributed by atoms with E-state index in [1.165, 1.54) is 4.90 Å². The summed E-state index contributed by atoms with van der Waals surface area (Å²) in [5.74, 6) is -0.546. The van der Waals surface area contributed by atoms with Crippen molar-refractivity contribution in [3.8, 4) is 0 Å². The molecule has 0 spiro atoms. The van der Waals surface area contributed by atoms with Crippen LogP contribution < -0.4 is 9.62 Å². The number of nitrogens with zero attached hydrogens (tertiary/aromatic N) is 2. The highest BCUT2D eigenvalue weighted by Gasteiger charge is 2.32. The van der Waals surface area contributed by atoms with Gasteiger partial charge >= 0.3 is 0 Å². The Morgan fingerprint density at radius 2 is 1.60 bits per heavy atom. The van der Waals surface area contributed by atoms with Crippen LogP contribution in [0, 0.1) is 0 Å². The Kier molecular flexibility index (Phi) is 10.8. The second-order valence-corrected chi connectivity index (χ2v) is 10.9. The molecule has 0 aliphatic rings. The second kappa shape index (κ2) is 13.3. The fraction of sp³-hybridized carbons (Fsp3) is 0.481. The van der Waals surface area contributed by atoms with E-state index in [-0.39, 0.29) is 18.4 Å². The van der Waals surface area contributed by atoms with Crippen molar-refractivity contribution in [2.24, 2.45) is 0 Å². The quantitative estimate of drug-likeness (QED) is 0.450. The molecule has 2 amide bonds. The van der Waals surface area contributed by atoms with Crippen LogP contribution in [0.1, 0.15) is 57.6 Å². The first-order chi connectivity index (χ1) is 16.6. The van der Waals surface area contributed by atoms with E-state index in [1.807, 2.05) is 70.2 Å². The molecule has 0 saturated heterocycles. The second-order valence-electron chi connectivity index (χ2n) is 9.02. The average molecular weight is 502 g/mol. The summed E-state index contributed by atoms with van der Waals surface area (Å²) in [6.45, 7) is 8.26. The molecule has 192 valence electrons. The van der Waals surface area contributed by atoms with Gasteiger partial charge in [-0.1, -0.05) is 76.2 Å². The minimum Gasteiger partial charge on any atom is -0.354 e. The Balaban J connectivity index is 2.41. The molecule has 0 aliphatic heterocycles. The zero-order valence-corrected chi connectivity index (χ0v) is 22.3. The van der Waals surface area contributed by atoms with Crippen LogP contribution in [0.5, 0.6) is 0 Å². The van der Waals surface area contributed by atoms with Crippen molar-refractivity contribution in [1.29, 1.82) is 0 Å². The van der Waals surface area contributed by atoms with Gasteiger partial charge in [0.25, 0.3) is 0 Å². The smallest absolute Gasteiger partial charge is 0.244 e. The van der Waals surface area contributed by atoms with Gasteiger partial charge in [0.1, 0.15) is 12.6 Å². The van der Waals surface area contributed by atoms with Gasteiger partial charge in [-0.25, -0.2) is 8.42 Å². The molecule has 0 aliphatic carbocycles. The summed E-state index contributed by atoms with van der Waals surface area (Å²) >= 11 is 0. The van der Waals surface area contributed by atoms with Crippen LogP contribution in [0.4, 0.5) is 5.69 Å². The summed E-state index contributed by atoms with van der Waals surface area (Å²) in [4.78, 5) is 28.2. The van der Waals surface area contributed by atoms with E-state index in [0.717, 1.165) is 28.1 Å². The minimum atomic E-state index is -3.75. The van der Waals surface area contributed by atoms with Gasteiger partial charge < -0.3 is 10.2 Å². The third kappa shape index (κ3) is 8.09. The van der Waals surface area contributed by atoms with E-state index in [9.17, 15) is 18.0 Å². The summed E-state index contributed by atoms with van der Waals surface area (Å²) in [5, 5.41) is 2.89. The van der Waals surface area contributed by atoms with Crippen LogP contribution in [-0.4, -0.2) is 57.1 Å². The van der Waals surface area contributed by atoms with Crippen LogP contribution in [0.15, 0.2) is 54.6 Å². The first kappa shape index (κ1) is 28.4. The van der Waals surface area contributed by atoms with E-state index in [4.69, 9.17) is 0 Å². The van der Waals surface area contributed by atoms with Crippen molar-refractivity contribution >= 4 is 27.5 Å². The molecule has 35 heavy (non-hydrogen) atoms. The van der Waals surface area contributed by atoms with E-state index in [1.54, 1.807) is 12.1 Å². The lowest BCUT2D eigenvalue weighted by Gasteiger charge is -2.33. The fourth-order valence-electron chi connectivity index (χ4n) is 4.06. The molecule has 0 bridgehead atoms. The number of anilines is 1. The Hall–Kier alpha value is -2.87. The van der Waals surface area contributed by atoms with Gasteiger partial charge in [-0.2, -0.15) is 0 Å². The topological polar surface area (TPSA) is 86.8 Å². The molecule has 0 saturated carbocycles. The number of rotatable bonds is 13. The van der Waals surface area contributed by atoms with Crippen LogP contribution in [0.25, 0.3) is 0 Å². The number of hydrogen-bond donors (Lipinski definition) is 1. The third-order valence-electron chi connectivity index (χ3n) is 5.93. The van der Waals surface area contributed by atoms with Crippen molar-refractivity contribution in [2.75, 3.05) is 30.2 Å². The van der Waals surface area contributed by atoms with Gasteiger partial charge in [0.15, 0.2) is 0 Å². The molecule has 7 nitrogen and oxygen atoms in total. The number of benzene rings is 2. The fourth-order valence-corrected chi connectivity index (χ4v) is 4.93. The molecule has 1 N–H and O–H groups in total. The van der Waals surface area contributed by atoms with Gasteiger partial charge in [0, 0.05) is 13.1 Å². The van der Waals surface area contributed by atoms with E-state index < -0.39 is 22.0 Å². The predicted octanol–water partition coefficient (Wildman–Crippen LogP) is 3.95. The van der Waals surface area contributed by atoms with Gasteiger partial charge in [-0.3, -0.25) is 13.9 Å². The number of hydrogen-bond acceptors (Lipinski definition) is 4. The molecule has 8 heteroatoms. The normalized spacial score (nSPS) is 12.3. The number of amides is 2. The molecule has 0 aromatic heterocycles. The molecule has 1 unspecified atom stereocenters. The lowest BCUT2D eigenvalue weighted by atomic mass is 10.0. The number of sulfonamides is 1. The number of carbonyl (C=O) groups excluding carboxylic acids is 2. The molecule has 0 radical (unpaired) electrons. The standard InChI is InChI=1S/C27H39N3O4S/c1-6-18-28-27(32)24(7-2)29(19-17-22-13-9-8-10-14-22)26(31)20-30(35(5,33)34)25-16-12-11-15-23(25)21(3)4/h8-16,21,24H,6-7,17-20H2,1-5H3,(H,28,32). The van der Waals surface area contributed by atoms with E-state index in [2.05, 4.69) is 5.32 Å². The number of carbonyl (C=O) groups is 2. The van der Waals surface area contributed by atoms with E-state index in [0.29, 0.717) is 31.6 Å². The van der Waals surface area contributed by atoms with Crippen molar-refractivity contribution in [2.45, 2.75) is 58.9 Å². The first-order valence-electron chi connectivity index (χ1n) is 12.3. The molecular weight excluding hydrogens is 462 g/mol. The van der Waals surface area contributed by atoms with Crippen molar-refractivity contribution in [3.63, 3.8) is 0 Å². The summed E-state index contributed by atoms with van der Waals surface area (Å²) in [6.07, 6.45) is 2.88. The summed E-state index contributed by atoms with van der Waals surface area (Å²) in [5.41, 5.74) is 2.37. The summed E-state index contributed by atoms with van der Waals surface area (Å²) in [6, 6.07) is 16.3. The highest BCUT2D eigenvalue weighted by Crippen LogP contribution is 2.29. The van der Waals surface area contributed by atoms with Crippen molar-refractivity contribution < 1.29 is 18.0 Å². The maximum absolute atomic E-state index is 13.7. The van der Waals surface area contributed by atoms with Crippen molar-refractivity contribution in [3.05, 3.63) is 65.7 Å². The van der Waals surface area contributed by atoms with Gasteiger partial charge in [0.05, 0.1) is 11.9 Å². The Morgan fingerprint density at radius 3 is 2.17 bits per heavy atom. The number of para-hydroxylation sites is 1. The maximum Gasteiger partial charge on any atom is 0.244 e. The zero-order valence-electron chi connectivity index (χ0n) is 21.5. The van der Waals surface area contributed by atoms with Crippen LogP contribution in [0.2, 0.25) is 0 Å². The highest BCUT2D eigenvalue weighted by molar-refractivity contribution is 7.92. The molecular formula is C27H39N3O4S. The van der Waals surface area contributed by atoms with Crippen LogP contribution >= 0.6 is 0 Å². The molecule has 0 heterocycles. The summed E-state index contributed by atoms with van der Waals surface area (Å²) in [7, 11) is -3.75. The Morgan fingerprint density at radius 1 is 0.971 bits per heavy atom. The number of nitrogens with one attached hydrogen (secondary N) is 1. The Labute approximate surface area is 210 Å². The zero-order chi connectivity index (χ0) is 26.0. The first-order valence-corrected chi connectivity index (χ1v) is 14.1. The average Bonchev–Trinajstić information content (AvgIpc) is 2.83. The third-order valence-corrected chi connectivity index (χ3v) is 7.05. The van der Waals surface area contributed by atoms with Gasteiger partial charge in [-0.15, -0.1) is 0 Å². The van der Waals surface area contributed by atoms with E-state index >= 15 is 0 Å². The summed E-state index contributed by atoms with van der Waals surface area (Å²) < 4.78 is 26.8. The Bertz CT molecular complexity index is 1070. The predicted molar refractivity (Wildman–Crippen MR) is 142 cm³/mol. The monoisotopic (exact) mass is 501 g/mol. The van der Waals surface area contributed by atoms with Crippen molar-refractivity contribution in [1.82, 2.24) is 10.2 Å². The molecule has 0 fully saturated rings. The molecule has 2 aromatic rings. The molecule has 1 atom stereocenters. The van der Waals surface area contributed by atoms with Crippen LogP contribution in [-0.2, 0) is 26.0 Å². The molecule has 2 aromatic carbocycles.